The molecule has 0 aliphatic heterocycles. The van der Waals surface area contributed by atoms with E-state index in [1.54, 1.807) is 48.5 Å². The van der Waals surface area contributed by atoms with Crippen LogP contribution in [0.4, 0.5) is 11.4 Å². The van der Waals surface area contributed by atoms with Gasteiger partial charge < -0.3 is 20.1 Å². The van der Waals surface area contributed by atoms with Gasteiger partial charge in [-0.25, -0.2) is 0 Å². The van der Waals surface area contributed by atoms with Gasteiger partial charge in [0.1, 0.15) is 11.5 Å². The zero-order chi connectivity index (χ0) is 26.2. The summed E-state index contributed by atoms with van der Waals surface area (Å²) < 4.78 is 11.8. The van der Waals surface area contributed by atoms with Crippen LogP contribution in [-0.2, 0) is 0 Å². The topological polar surface area (TPSA) is 76.7 Å². The van der Waals surface area contributed by atoms with Gasteiger partial charge in [0.15, 0.2) is 11.5 Å². The Hall–Kier alpha value is -5.36. The van der Waals surface area contributed by atoms with E-state index in [0.29, 0.717) is 45.5 Å². The maximum atomic E-state index is 12.9. The molecular formula is C32H24N2O4. The summed E-state index contributed by atoms with van der Waals surface area (Å²) in [5.74, 6) is 1.75. The number of amides is 2. The summed E-state index contributed by atoms with van der Waals surface area (Å²) in [5.41, 5.74) is 1.89. The van der Waals surface area contributed by atoms with E-state index in [1.165, 1.54) is 0 Å². The zero-order valence-corrected chi connectivity index (χ0v) is 20.3. The molecule has 5 aromatic carbocycles. The molecule has 5 aromatic rings. The molecule has 0 atom stereocenters. The van der Waals surface area contributed by atoms with Crippen LogP contribution in [0.1, 0.15) is 20.7 Å². The Kier molecular flexibility index (Phi) is 7.42. The molecule has 0 unspecified atom stereocenters. The van der Waals surface area contributed by atoms with Gasteiger partial charge in [0.05, 0.1) is 11.4 Å². The van der Waals surface area contributed by atoms with Crippen molar-refractivity contribution in [2.75, 3.05) is 10.6 Å². The van der Waals surface area contributed by atoms with Crippen LogP contribution < -0.4 is 20.1 Å². The van der Waals surface area contributed by atoms with Gasteiger partial charge in [-0.05, 0) is 72.8 Å². The second-order valence-corrected chi connectivity index (χ2v) is 8.31. The number of nitrogens with one attached hydrogen (secondary N) is 2. The van der Waals surface area contributed by atoms with E-state index in [2.05, 4.69) is 10.6 Å². The Balaban J connectivity index is 1.25. The molecule has 0 aromatic heterocycles. The maximum absolute atomic E-state index is 12.9. The molecule has 2 amide bonds. The van der Waals surface area contributed by atoms with Crippen LogP contribution in [0, 0.1) is 0 Å². The van der Waals surface area contributed by atoms with Crippen molar-refractivity contribution in [1.82, 2.24) is 0 Å². The number of benzene rings is 5. The first-order chi connectivity index (χ1) is 18.7. The molecule has 0 aliphatic carbocycles. The lowest BCUT2D eigenvalue weighted by molar-refractivity contribution is 0.101. The number of rotatable bonds is 8. The normalized spacial score (nSPS) is 10.3. The summed E-state index contributed by atoms with van der Waals surface area (Å²) in [5, 5.41) is 5.77. The van der Waals surface area contributed by atoms with Gasteiger partial charge in [0.25, 0.3) is 11.8 Å². The summed E-state index contributed by atoms with van der Waals surface area (Å²) in [6.45, 7) is 0. The number of para-hydroxylation sites is 6. The van der Waals surface area contributed by atoms with Crippen molar-refractivity contribution in [3.05, 3.63) is 145 Å². The highest BCUT2D eigenvalue weighted by Crippen LogP contribution is 2.31. The van der Waals surface area contributed by atoms with Crippen molar-refractivity contribution in [2.45, 2.75) is 0 Å². The molecule has 0 bridgehead atoms. The van der Waals surface area contributed by atoms with Crippen LogP contribution in [0.3, 0.4) is 0 Å². The molecular weight excluding hydrogens is 476 g/mol. The quantitative estimate of drug-likeness (QED) is 0.228. The molecule has 186 valence electrons. The molecule has 5 rings (SSSR count). The number of anilines is 2. The van der Waals surface area contributed by atoms with Crippen molar-refractivity contribution >= 4 is 23.2 Å². The smallest absolute Gasteiger partial charge is 0.255 e. The summed E-state index contributed by atoms with van der Waals surface area (Å²) in [6, 6.07) is 39.6. The molecule has 38 heavy (non-hydrogen) atoms. The second kappa shape index (κ2) is 11.6. The van der Waals surface area contributed by atoms with Crippen LogP contribution in [0.25, 0.3) is 0 Å². The number of carbonyl (C=O) groups is 2. The number of carbonyl (C=O) groups excluding carboxylic acids is 2. The van der Waals surface area contributed by atoms with E-state index in [1.807, 2.05) is 84.9 Å². The molecule has 0 fully saturated rings. The van der Waals surface area contributed by atoms with Crippen LogP contribution in [0.2, 0.25) is 0 Å². The van der Waals surface area contributed by atoms with Crippen LogP contribution in [0.15, 0.2) is 133 Å². The number of hydrogen-bond acceptors (Lipinski definition) is 4. The van der Waals surface area contributed by atoms with Gasteiger partial charge in [-0.15, -0.1) is 0 Å². The van der Waals surface area contributed by atoms with E-state index < -0.39 is 0 Å². The van der Waals surface area contributed by atoms with Crippen molar-refractivity contribution < 1.29 is 19.1 Å². The van der Waals surface area contributed by atoms with E-state index in [-0.39, 0.29) is 11.8 Å². The summed E-state index contributed by atoms with van der Waals surface area (Å²) in [4.78, 5) is 25.9. The second-order valence-electron chi connectivity index (χ2n) is 8.31. The van der Waals surface area contributed by atoms with Gasteiger partial charge >= 0.3 is 0 Å². The van der Waals surface area contributed by atoms with Gasteiger partial charge in [0, 0.05) is 11.1 Å². The fraction of sp³-hybridized carbons (Fsp3) is 0. The van der Waals surface area contributed by atoms with E-state index >= 15 is 0 Å². The molecule has 2 N–H and O–H groups in total. The lowest BCUT2D eigenvalue weighted by Gasteiger charge is -2.13. The highest BCUT2D eigenvalue weighted by molar-refractivity contribution is 6.08. The molecule has 0 radical (unpaired) electrons. The molecule has 0 saturated heterocycles. The first-order valence-corrected chi connectivity index (χ1v) is 12.0. The molecule has 6 heteroatoms. The van der Waals surface area contributed by atoms with Crippen molar-refractivity contribution in [3.63, 3.8) is 0 Å². The maximum Gasteiger partial charge on any atom is 0.255 e. The van der Waals surface area contributed by atoms with E-state index in [9.17, 15) is 9.59 Å². The summed E-state index contributed by atoms with van der Waals surface area (Å²) in [6.07, 6.45) is 0. The average Bonchev–Trinajstić information content (AvgIpc) is 2.96. The highest BCUT2D eigenvalue weighted by Gasteiger charge is 2.14. The Bertz CT molecular complexity index is 1420. The Morgan fingerprint density at radius 2 is 0.763 bits per heavy atom. The number of hydrogen-bond donors (Lipinski definition) is 2. The summed E-state index contributed by atoms with van der Waals surface area (Å²) >= 11 is 0. The van der Waals surface area contributed by atoms with E-state index in [0.717, 1.165) is 0 Å². The fourth-order valence-corrected chi connectivity index (χ4v) is 3.71. The molecule has 0 aliphatic rings. The van der Waals surface area contributed by atoms with Crippen LogP contribution >= 0.6 is 0 Å². The van der Waals surface area contributed by atoms with Crippen molar-refractivity contribution in [1.29, 1.82) is 0 Å². The third-order valence-corrected chi connectivity index (χ3v) is 5.62. The largest absolute Gasteiger partial charge is 0.455 e. The summed E-state index contributed by atoms with van der Waals surface area (Å²) in [7, 11) is 0. The Morgan fingerprint density at radius 3 is 1.16 bits per heavy atom. The minimum atomic E-state index is -0.317. The third kappa shape index (κ3) is 6.06. The first kappa shape index (κ1) is 24.3. The number of ether oxygens (including phenoxy) is 2. The van der Waals surface area contributed by atoms with Crippen LogP contribution in [-0.4, -0.2) is 11.8 Å². The highest BCUT2D eigenvalue weighted by atomic mass is 16.5. The predicted molar refractivity (Wildman–Crippen MR) is 148 cm³/mol. The SMILES string of the molecule is O=C(Nc1ccccc1Oc1ccccc1)c1ccc(C(=O)Nc2ccccc2Oc2ccccc2)cc1. The van der Waals surface area contributed by atoms with Crippen molar-refractivity contribution in [2.24, 2.45) is 0 Å². The lowest BCUT2D eigenvalue weighted by Crippen LogP contribution is -2.15. The molecule has 0 heterocycles. The van der Waals surface area contributed by atoms with Gasteiger partial charge in [-0.3, -0.25) is 9.59 Å². The minimum absolute atomic E-state index is 0.317. The van der Waals surface area contributed by atoms with Gasteiger partial charge in [0.2, 0.25) is 0 Å². The zero-order valence-electron chi connectivity index (χ0n) is 20.3. The standard InChI is InChI=1S/C32H24N2O4/c35-31(33-27-15-7-9-17-29(27)37-25-11-3-1-4-12-25)23-19-21-24(22-20-23)32(36)34-28-16-8-10-18-30(28)38-26-13-5-2-6-14-26/h1-22H,(H,33,35)(H,34,36). The monoisotopic (exact) mass is 500 g/mol. The molecule has 0 saturated carbocycles. The first-order valence-electron chi connectivity index (χ1n) is 12.0. The van der Waals surface area contributed by atoms with E-state index in [4.69, 9.17) is 9.47 Å². The lowest BCUT2D eigenvalue weighted by atomic mass is 10.1. The van der Waals surface area contributed by atoms with Crippen molar-refractivity contribution in [3.8, 4) is 23.0 Å². The fourth-order valence-electron chi connectivity index (χ4n) is 3.71. The third-order valence-electron chi connectivity index (χ3n) is 5.62. The average molecular weight is 501 g/mol. The minimum Gasteiger partial charge on any atom is -0.455 e. The van der Waals surface area contributed by atoms with Gasteiger partial charge in [-0.2, -0.15) is 0 Å². The Morgan fingerprint density at radius 1 is 0.421 bits per heavy atom. The Labute approximate surface area is 220 Å². The molecule has 6 nitrogen and oxygen atoms in total. The van der Waals surface area contributed by atoms with Gasteiger partial charge in [-0.1, -0.05) is 60.7 Å². The molecule has 0 spiro atoms. The predicted octanol–water partition coefficient (Wildman–Crippen LogP) is 7.78. The van der Waals surface area contributed by atoms with Crippen LogP contribution in [0.5, 0.6) is 23.0 Å².